The molecule has 0 saturated carbocycles. The molecule has 1 saturated heterocycles. The topological polar surface area (TPSA) is 88.4 Å². The first-order valence-electron chi connectivity index (χ1n) is 14.1. The fourth-order valence-electron chi connectivity index (χ4n) is 5.15. The lowest BCUT2D eigenvalue weighted by Gasteiger charge is -2.32. The largest absolute Gasteiger partial charge is 0.437 e. The molecule has 1 aliphatic heterocycles. The van der Waals surface area contributed by atoms with E-state index < -0.39 is 17.6 Å². The number of benzene rings is 2. The van der Waals surface area contributed by atoms with Crippen LogP contribution >= 0.6 is 0 Å². The molecule has 5 aromatic rings. The summed E-state index contributed by atoms with van der Waals surface area (Å²) in [5, 5.41) is 2.65. The highest BCUT2D eigenvalue weighted by Crippen LogP contribution is 2.33. The fourth-order valence-corrected chi connectivity index (χ4v) is 5.15. The molecule has 6 rings (SSSR count). The van der Waals surface area contributed by atoms with Gasteiger partial charge < -0.3 is 19.5 Å². The van der Waals surface area contributed by atoms with Crippen LogP contribution < -0.4 is 10.1 Å². The van der Waals surface area contributed by atoms with Gasteiger partial charge in [0.25, 0.3) is 5.91 Å². The Kier molecular flexibility index (Phi) is 8.02. The Morgan fingerprint density at radius 3 is 2.55 bits per heavy atom. The van der Waals surface area contributed by atoms with Crippen LogP contribution in [0.4, 0.5) is 18.9 Å². The number of hydrogen-bond acceptors (Lipinski definition) is 7. The maximum absolute atomic E-state index is 13.8. The number of aryl methyl sites for hydroxylation is 1. The number of fused-ring (bicyclic) bond motifs is 1. The minimum Gasteiger partial charge on any atom is -0.437 e. The van der Waals surface area contributed by atoms with E-state index >= 15 is 0 Å². The summed E-state index contributed by atoms with van der Waals surface area (Å²) in [5.41, 5.74) is 2.00. The molecule has 1 aliphatic rings. The Labute approximate surface area is 251 Å². The molecule has 0 aliphatic carbocycles. The number of nitrogens with zero attached hydrogens (tertiary/aromatic N) is 6. The molecule has 44 heavy (non-hydrogen) atoms. The number of pyridine rings is 1. The van der Waals surface area contributed by atoms with Gasteiger partial charge in [0.15, 0.2) is 5.82 Å². The summed E-state index contributed by atoms with van der Waals surface area (Å²) < 4.78 is 49.4. The maximum Gasteiger partial charge on any atom is 0.416 e. The van der Waals surface area contributed by atoms with Crippen LogP contribution in [-0.4, -0.2) is 68.5 Å². The molecule has 1 amide bonds. The SMILES string of the molecule is CN1CCN(Cc2cc(NC(=O)c3cccc(Oc4nc(-c5cccnc5)nc5ccn(C)c45)c3)cc(C(F)(F)F)c2)CC1. The number of aromatic nitrogens is 4. The molecule has 0 radical (unpaired) electrons. The van der Waals surface area contributed by atoms with Gasteiger partial charge in [0.05, 0.1) is 11.1 Å². The Bertz CT molecular complexity index is 1800. The number of ether oxygens (including phenoxy) is 1. The normalized spacial score (nSPS) is 14.6. The van der Waals surface area contributed by atoms with Gasteiger partial charge in [0.1, 0.15) is 11.3 Å². The zero-order valence-corrected chi connectivity index (χ0v) is 24.2. The van der Waals surface area contributed by atoms with Crippen LogP contribution in [0.2, 0.25) is 0 Å². The molecule has 12 heteroatoms. The third kappa shape index (κ3) is 6.56. The number of rotatable bonds is 7. The van der Waals surface area contributed by atoms with Crippen LogP contribution in [0.25, 0.3) is 22.4 Å². The van der Waals surface area contributed by atoms with E-state index in [1.165, 1.54) is 6.07 Å². The average molecular weight is 602 g/mol. The van der Waals surface area contributed by atoms with Crippen molar-refractivity contribution in [2.24, 2.45) is 7.05 Å². The van der Waals surface area contributed by atoms with Crippen molar-refractivity contribution in [2.75, 3.05) is 38.5 Å². The van der Waals surface area contributed by atoms with E-state index in [0.29, 0.717) is 40.3 Å². The highest BCUT2D eigenvalue weighted by atomic mass is 19.4. The van der Waals surface area contributed by atoms with Gasteiger partial charge >= 0.3 is 6.18 Å². The highest BCUT2D eigenvalue weighted by Gasteiger charge is 2.31. The smallest absolute Gasteiger partial charge is 0.416 e. The molecule has 1 N–H and O–H groups in total. The van der Waals surface area contributed by atoms with Gasteiger partial charge in [-0.05, 0) is 67.2 Å². The van der Waals surface area contributed by atoms with Crippen LogP contribution in [0.5, 0.6) is 11.6 Å². The Morgan fingerprint density at radius 1 is 0.977 bits per heavy atom. The monoisotopic (exact) mass is 601 g/mol. The lowest BCUT2D eigenvalue weighted by Crippen LogP contribution is -2.43. The third-order valence-corrected chi connectivity index (χ3v) is 7.50. The number of carbonyl (C=O) groups excluding carboxylic acids is 1. The van der Waals surface area contributed by atoms with E-state index in [-0.39, 0.29) is 17.1 Å². The molecule has 2 aromatic carbocycles. The lowest BCUT2D eigenvalue weighted by molar-refractivity contribution is -0.137. The van der Waals surface area contributed by atoms with Gasteiger partial charge in [-0.2, -0.15) is 18.2 Å². The fraction of sp³-hybridized carbons (Fsp3) is 0.250. The molecule has 0 bridgehead atoms. The third-order valence-electron chi connectivity index (χ3n) is 7.50. The Balaban J connectivity index is 1.25. The molecule has 0 spiro atoms. The number of carbonyl (C=O) groups is 1. The summed E-state index contributed by atoms with van der Waals surface area (Å²) in [5.74, 6) is 0.474. The molecule has 4 heterocycles. The summed E-state index contributed by atoms with van der Waals surface area (Å²) in [4.78, 5) is 31.0. The minimum absolute atomic E-state index is 0.0719. The van der Waals surface area contributed by atoms with Crippen LogP contribution in [0.3, 0.4) is 0 Å². The van der Waals surface area contributed by atoms with Crippen molar-refractivity contribution >= 4 is 22.6 Å². The van der Waals surface area contributed by atoms with E-state index in [1.54, 1.807) is 42.7 Å². The first-order valence-corrected chi connectivity index (χ1v) is 14.1. The van der Waals surface area contributed by atoms with Crippen molar-refractivity contribution in [3.8, 4) is 23.0 Å². The summed E-state index contributed by atoms with van der Waals surface area (Å²) in [6.07, 6.45) is 0.603. The Hall–Kier alpha value is -4.81. The van der Waals surface area contributed by atoms with Gasteiger partial charge in [0.2, 0.25) is 5.88 Å². The number of alkyl halides is 3. The summed E-state index contributed by atoms with van der Waals surface area (Å²) >= 11 is 0. The van der Waals surface area contributed by atoms with Crippen molar-refractivity contribution in [2.45, 2.75) is 12.7 Å². The number of hydrogen-bond donors (Lipinski definition) is 1. The van der Waals surface area contributed by atoms with E-state index in [0.717, 1.165) is 38.3 Å². The Morgan fingerprint density at radius 2 is 1.80 bits per heavy atom. The highest BCUT2D eigenvalue weighted by molar-refractivity contribution is 6.04. The van der Waals surface area contributed by atoms with Crippen LogP contribution in [0.15, 0.2) is 79.3 Å². The van der Waals surface area contributed by atoms with E-state index in [1.807, 2.05) is 37.0 Å². The van der Waals surface area contributed by atoms with Crippen molar-refractivity contribution in [3.05, 3.63) is 95.9 Å². The molecule has 226 valence electrons. The molecule has 3 aromatic heterocycles. The zero-order chi connectivity index (χ0) is 30.8. The second kappa shape index (κ2) is 12.1. The van der Waals surface area contributed by atoms with Crippen molar-refractivity contribution in [1.82, 2.24) is 29.3 Å². The van der Waals surface area contributed by atoms with Gasteiger partial charge in [-0.1, -0.05) is 6.07 Å². The molecule has 0 atom stereocenters. The van der Waals surface area contributed by atoms with Crippen LogP contribution in [0, 0.1) is 0 Å². The van der Waals surface area contributed by atoms with Crippen LogP contribution in [-0.2, 0) is 19.8 Å². The van der Waals surface area contributed by atoms with Gasteiger partial charge in [-0.15, -0.1) is 0 Å². The predicted octanol–water partition coefficient (Wildman–Crippen LogP) is 5.84. The second-order valence-corrected chi connectivity index (χ2v) is 10.8. The number of nitrogens with one attached hydrogen (secondary N) is 1. The minimum atomic E-state index is -4.56. The van der Waals surface area contributed by atoms with Gasteiger partial charge in [-0.25, -0.2) is 4.98 Å². The second-order valence-electron chi connectivity index (χ2n) is 10.8. The maximum atomic E-state index is 13.8. The quantitative estimate of drug-likeness (QED) is 0.251. The van der Waals surface area contributed by atoms with Gasteiger partial charge in [-0.3, -0.25) is 14.7 Å². The van der Waals surface area contributed by atoms with Crippen LogP contribution in [0.1, 0.15) is 21.5 Å². The molecule has 1 fully saturated rings. The van der Waals surface area contributed by atoms with Gasteiger partial charge in [0, 0.05) is 75.2 Å². The first kappa shape index (κ1) is 29.3. The average Bonchev–Trinajstić information content (AvgIpc) is 3.39. The van der Waals surface area contributed by atoms with Crippen molar-refractivity contribution in [1.29, 1.82) is 0 Å². The van der Waals surface area contributed by atoms with Crippen molar-refractivity contribution in [3.63, 3.8) is 0 Å². The number of likely N-dealkylation sites (N-methyl/N-ethyl adjacent to an activating group) is 1. The van der Waals surface area contributed by atoms with E-state index in [4.69, 9.17) is 4.74 Å². The molecule has 9 nitrogen and oxygen atoms in total. The number of amides is 1. The molecule has 0 unspecified atom stereocenters. The van der Waals surface area contributed by atoms with E-state index in [2.05, 4.69) is 30.1 Å². The summed E-state index contributed by atoms with van der Waals surface area (Å²) in [6, 6.07) is 15.6. The zero-order valence-electron chi connectivity index (χ0n) is 24.2. The lowest BCUT2D eigenvalue weighted by atomic mass is 10.1. The summed E-state index contributed by atoms with van der Waals surface area (Å²) in [6.45, 7) is 3.56. The predicted molar refractivity (Wildman–Crippen MR) is 160 cm³/mol. The van der Waals surface area contributed by atoms with E-state index in [9.17, 15) is 18.0 Å². The number of piperazine rings is 1. The molecular weight excluding hydrogens is 571 g/mol. The standard InChI is InChI=1S/C32H30F3N7O2/c1-40-11-13-42(14-12-40)20-21-15-24(32(33,34)35)18-25(16-21)37-30(43)22-5-3-7-26(17-22)44-31-28-27(8-10-41(28)2)38-29(39-31)23-6-4-9-36-19-23/h3-10,15-19H,11-14,20H2,1-2H3,(H,37,43). The number of halogens is 3. The molecular formula is C32H30F3N7O2. The summed E-state index contributed by atoms with van der Waals surface area (Å²) in [7, 11) is 3.87. The first-order chi connectivity index (χ1) is 21.1. The number of anilines is 1. The van der Waals surface area contributed by atoms with Crippen molar-refractivity contribution < 1.29 is 22.7 Å².